The Kier molecular flexibility index (Phi) is 4.86. The highest BCUT2D eigenvalue weighted by Crippen LogP contribution is 2.21. The Morgan fingerprint density at radius 3 is 2.63 bits per heavy atom. The topological polar surface area (TPSA) is 33.1 Å². The third-order valence-electron chi connectivity index (χ3n) is 3.90. The molecule has 0 radical (unpaired) electrons. The van der Waals surface area contributed by atoms with Gasteiger partial charge in [-0.15, -0.1) is 0 Å². The maximum Gasteiger partial charge on any atom is 0.0761 e. The minimum Gasteiger partial charge on any atom is -0.379 e. The molecule has 19 heavy (non-hydrogen) atoms. The molecule has 0 aromatic carbocycles. The molecule has 2 rings (SSSR count). The van der Waals surface area contributed by atoms with Crippen LogP contribution in [0, 0.1) is 5.92 Å². The number of piperidine rings is 1. The first-order valence-corrected chi connectivity index (χ1v) is 7.60. The molecule has 1 aliphatic rings. The van der Waals surface area contributed by atoms with Gasteiger partial charge in [0.25, 0.3) is 0 Å². The normalized spacial score (nSPS) is 18.2. The molecule has 1 aromatic heterocycles. The van der Waals surface area contributed by atoms with Crippen molar-refractivity contribution >= 4 is 5.69 Å². The van der Waals surface area contributed by atoms with Crippen LogP contribution in [-0.2, 0) is 13.0 Å². The molecule has 1 saturated heterocycles. The van der Waals surface area contributed by atoms with Crippen LogP contribution in [0.4, 0.5) is 5.69 Å². The Bertz CT molecular complexity index is 389. The minimum atomic E-state index is 0.609. The van der Waals surface area contributed by atoms with E-state index in [0.717, 1.165) is 13.0 Å². The van der Waals surface area contributed by atoms with Gasteiger partial charge in [-0.1, -0.05) is 20.8 Å². The van der Waals surface area contributed by atoms with E-state index in [-0.39, 0.29) is 0 Å². The SMILES string of the molecule is CCc1c(NC2CCN(C)CC2)cnn1CC(C)C. The second-order valence-corrected chi connectivity index (χ2v) is 6.16. The second-order valence-electron chi connectivity index (χ2n) is 6.16. The average Bonchev–Trinajstić information content (AvgIpc) is 2.73. The first-order valence-electron chi connectivity index (χ1n) is 7.60. The lowest BCUT2D eigenvalue weighted by Crippen LogP contribution is -2.36. The van der Waals surface area contributed by atoms with Crippen LogP contribution in [0.25, 0.3) is 0 Å². The predicted octanol–water partition coefficient (Wildman–Crippen LogP) is 2.61. The van der Waals surface area contributed by atoms with Gasteiger partial charge in [-0.25, -0.2) is 0 Å². The number of hydrogen-bond acceptors (Lipinski definition) is 3. The van der Waals surface area contributed by atoms with E-state index in [1.54, 1.807) is 0 Å². The Labute approximate surface area is 117 Å². The molecule has 0 bridgehead atoms. The molecular formula is C15H28N4. The maximum atomic E-state index is 4.55. The van der Waals surface area contributed by atoms with Crippen molar-refractivity contribution in [3.8, 4) is 0 Å². The molecule has 1 aromatic rings. The monoisotopic (exact) mass is 264 g/mol. The summed E-state index contributed by atoms with van der Waals surface area (Å²) in [5.74, 6) is 0.640. The number of rotatable bonds is 5. The molecule has 1 aliphatic heterocycles. The zero-order valence-corrected chi connectivity index (χ0v) is 12.8. The van der Waals surface area contributed by atoms with Crippen LogP contribution in [0.3, 0.4) is 0 Å². The smallest absolute Gasteiger partial charge is 0.0761 e. The highest BCUT2D eigenvalue weighted by molar-refractivity contribution is 5.47. The van der Waals surface area contributed by atoms with Crippen molar-refractivity contribution in [1.82, 2.24) is 14.7 Å². The largest absolute Gasteiger partial charge is 0.379 e. The van der Waals surface area contributed by atoms with Crippen LogP contribution >= 0.6 is 0 Å². The lowest BCUT2D eigenvalue weighted by molar-refractivity contribution is 0.264. The maximum absolute atomic E-state index is 4.55. The van der Waals surface area contributed by atoms with Gasteiger partial charge in [-0.3, -0.25) is 4.68 Å². The standard InChI is InChI=1S/C15H28N4/c1-5-15-14(10-16-19(15)11-12(2)3)17-13-6-8-18(4)9-7-13/h10,12-13,17H,5-9,11H2,1-4H3. The number of likely N-dealkylation sites (tertiary alicyclic amines) is 1. The predicted molar refractivity (Wildman–Crippen MR) is 80.6 cm³/mol. The summed E-state index contributed by atoms with van der Waals surface area (Å²) in [7, 11) is 2.20. The molecule has 4 nitrogen and oxygen atoms in total. The molecule has 0 aliphatic carbocycles. The Hall–Kier alpha value is -1.03. The summed E-state index contributed by atoms with van der Waals surface area (Å²) in [6.45, 7) is 10.1. The summed E-state index contributed by atoms with van der Waals surface area (Å²) < 4.78 is 2.17. The van der Waals surface area contributed by atoms with Crippen LogP contribution in [0.1, 0.15) is 39.3 Å². The zero-order chi connectivity index (χ0) is 13.8. The highest BCUT2D eigenvalue weighted by atomic mass is 15.3. The van der Waals surface area contributed by atoms with Crippen molar-refractivity contribution in [3.63, 3.8) is 0 Å². The molecule has 0 saturated carbocycles. The Morgan fingerprint density at radius 2 is 2.05 bits per heavy atom. The van der Waals surface area contributed by atoms with E-state index in [4.69, 9.17) is 0 Å². The lowest BCUT2D eigenvalue weighted by Gasteiger charge is -2.30. The molecule has 1 fully saturated rings. The summed E-state index contributed by atoms with van der Waals surface area (Å²) in [5, 5.41) is 8.26. The van der Waals surface area contributed by atoms with Crippen LogP contribution in [0.5, 0.6) is 0 Å². The molecule has 0 atom stereocenters. The number of nitrogens with zero attached hydrogens (tertiary/aromatic N) is 3. The summed E-state index contributed by atoms with van der Waals surface area (Å²) >= 11 is 0. The zero-order valence-electron chi connectivity index (χ0n) is 12.8. The van der Waals surface area contributed by atoms with Crippen molar-refractivity contribution in [2.24, 2.45) is 5.92 Å². The van der Waals surface area contributed by atoms with Gasteiger partial charge in [0.1, 0.15) is 0 Å². The molecule has 0 amide bonds. The van der Waals surface area contributed by atoms with E-state index in [1.807, 2.05) is 6.20 Å². The summed E-state index contributed by atoms with van der Waals surface area (Å²) in [6.07, 6.45) is 5.52. The molecular weight excluding hydrogens is 236 g/mol. The molecule has 0 unspecified atom stereocenters. The lowest BCUT2D eigenvalue weighted by atomic mass is 10.1. The average molecular weight is 264 g/mol. The van der Waals surface area contributed by atoms with Crippen LogP contribution < -0.4 is 5.32 Å². The molecule has 108 valence electrons. The third kappa shape index (κ3) is 3.72. The van der Waals surface area contributed by atoms with Gasteiger partial charge in [0, 0.05) is 12.6 Å². The van der Waals surface area contributed by atoms with Gasteiger partial charge in [-0.2, -0.15) is 5.10 Å². The van der Waals surface area contributed by atoms with E-state index >= 15 is 0 Å². The highest BCUT2D eigenvalue weighted by Gasteiger charge is 2.18. The van der Waals surface area contributed by atoms with E-state index in [2.05, 4.69) is 47.8 Å². The van der Waals surface area contributed by atoms with E-state index in [0.29, 0.717) is 12.0 Å². The van der Waals surface area contributed by atoms with Gasteiger partial charge in [0.05, 0.1) is 17.6 Å². The van der Waals surface area contributed by atoms with Crippen molar-refractivity contribution in [2.45, 2.75) is 52.6 Å². The fraction of sp³-hybridized carbons (Fsp3) is 0.800. The van der Waals surface area contributed by atoms with Crippen LogP contribution in [0.15, 0.2) is 6.20 Å². The Morgan fingerprint density at radius 1 is 1.37 bits per heavy atom. The third-order valence-corrected chi connectivity index (χ3v) is 3.90. The molecule has 0 spiro atoms. The van der Waals surface area contributed by atoms with Gasteiger partial charge >= 0.3 is 0 Å². The first kappa shape index (κ1) is 14.4. The Balaban J connectivity index is 2.01. The fourth-order valence-electron chi connectivity index (χ4n) is 2.78. The minimum absolute atomic E-state index is 0.609. The fourth-order valence-corrected chi connectivity index (χ4v) is 2.78. The van der Waals surface area contributed by atoms with Crippen molar-refractivity contribution in [1.29, 1.82) is 0 Å². The first-order chi connectivity index (χ1) is 9.10. The van der Waals surface area contributed by atoms with E-state index < -0.39 is 0 Å². The summed E-state index contributed by atoms with van der Waals surface area (Å²) in [4.78, 5) is 2.40. The van der Waals surface area contributed by atoms with Gasteiger partial charge in [-0.05, 0) is 45.3 Å². The summed E-state index contributed by atoms with van der Waals surface area (Å²) in [6, 6.07) is 0.609. The van der Waals surface area contributed by atoms with Crippen molar-refractivity contribution in [3.05, 3.63) is 11.9 Å². The van der Waals surface area contributed by atoms with Gasteiger partial charge in [0.15, 0.2) is 0 Å². The quantitative estimate of drug-likeness (QED) is 0.887. The van der Waals surface area contributed by atoms with E-state index in [9.17, 15) is 0 Å². The van der Waals surface area contributed by atoms with Gasteiger partial charge in [0.2, 0.25) is 0 Å². The van der Waals surface area contributed by atoms with Crippen molar-refractivity contribution < 1.29 is 0 Å². The number of hydrogen-bond donors (Lipinski definition) is 1. The van der Waals surface area contributed by atoms with Gasteiger partial charge < -0.3 is 10.2 Å². The number of aromatic nitrogens is 2. The molecule has 4 heteroatoms. The summed E-state index contributed by atoms with van der Waals surface area (Å²) in [5.41, 5.74) is 2.60. The second kappa shape index (κ2) is 6.42. The van der Waals surface area contributed by atoms with Crippen molar-refractivity contribution in [2.75, 3.05) is 25.5 Å². The van der Waals surface area contributed by atoms with Crippen LogP contribution in [-0.4, -0.2) is 40.9 Å². The number of anilines is 1. The van der Waals surface area contributed by atoms with E-state index in [1.165, 1.54) is 37.3 Å². The molecule has 1 N–H and O–H groups in total. The molecule has 2 heterocycles. The number of nitrogens with one attached hydrogen (secondary N) is 1. The van der Waals surface area contributed by atoms with Crippen LogP contribution in [0.2, 0.25) is 0 Å².